The maximum absolute atomic E-state index is 4.34. The molecule has 0 spiro atoms. The Bertz CT molecular complexity index is 591. The van der Waals surface area contributed by atoms with Gasteiger partial charge in [0.05, 0.1) is 0 Å². The van der Waals surface area contributed by atoms with Crippen LogP contribution in [0.1, 0.15) is 16.8 Å². The lowest BCUT2D eigenvalue weighted by Crippen LogP contribution is -3.00. The molecule has 3 heteroatoms. The van der Waals surface area contributed by atoms with Gasteiger partial charge in [0.15, 0.2) is 18.9 Å². The van der Waals surface area contributed by atoms with Crippen molar-refractivity contribution in [2.45, 2.75) is 13.0 Å². The molecule has 0 atom stereocenters. The number of benzene rings is 1. The topological polar surface area (TPSA) is 16.8 Å². The van der Waals surface area contributed by atoms with Crippen LogP contribution in [0.2, 0.25) is 0 Å². The van der Waals surface area contributed by atoms with Crippen LogP contribution in [0.25, 0.3) is 0 Å². The molecule has 2 nitrogen and oxygen atoms in total. The minimum atomic E-state index is 0. The summed E-state index contributed by atoms with van der Waals surface area (Å²) in [6, 6.07) is 20.9. The molecule has 0 aliphatic heterocycles. The molecule has 0 bridgehead atoms. The number of halogens is 1. The molecule has 1 aromatic carbocycles. The molecule has 3 rings (SSSR count). The number of rotatable bonds is 4. The fraction of sp³-hybridized carbons (Fsp3) is 0.111. The zero-order valence-electron chi connectivity index (χ0n) is 11.7. The van der Waals surface area contributed by atoms with Crippen LogP contribution in [-0.2, 0) is 13.0 Å². The number of pyridine rings is 2. The molecule has 0 unspecified atom stereocenters. The molecule has 0 fully saturated rings. The Morgan fingerprint density at radius 1 is 0.762 bits per heavy atom. The highest BCUT2D eigenvalue weighted by Crippen LogP contribution is 2.07. The van der Waals surface area contributed by atoms with Crippen molar-refractivity contribution in [2.75, 3.05) is 0 Å². The van der Waals surface area contributed by atoms with Crippen LogP contribution in [0.4, 0.5) is 0 Å². The molecule has 0 aliphatic carbocycles. The Morgan fingerprint density at radius 3 is 2.10 bits per heavy atom. The van der Waals surface area contributed by atoms with Crippen molar-refractivity contribution in [3.8, 4) is 0 Å². The third-order valence-corrected chi connectivity index (χ3v) is 3.28. The Balaban J connectivity index is 0.00000161. The summed E-state index contributed by atoms with van der Waals surface area (Å²) in [7, 11) is 0. The van der Waals surface area contributed by atoms with Gasteiger partial charge in [0.1, 0.15) is 5.69 Å². The first-order chi connectivity index (χ1) is 9.90. The molecule has 0 saturated carbocycles. The van der Waals surface area contributed by atoms with E-state index in [1.165, 1.54) is 11.1 Å². The van der Waals surface area contributed by atoms with E-state index in [1.54, 1.807) is 0 Å². The summed E-state index contributed by atoms with van der Waals surface area (Å²) in [5.41, 5.74) is 3.75. The predicted octanol–water partition coefficient (Wildman–Crippen LogP) is 0.0122. The summed E-state index contributed by atoms with van der Waals surface area (Å²) in [5.74, 6) is 0. The van der Waals surface area contributed by atoms with Gasteiger partial charge in [0.2, 0.25) is 0 Å². The Morgan fingerprint density at radius 2 is 1.43 bits per heavy atom. The second-order valence-corrected chi connectivity index (χ2v) is 4.86. The van der Waals surface area contributed by atoms with E-state index in [-0.39, 0.29) is 17.0 Å². The molecule has 21 heavy (non-hydrogen) atoms. The third-order valence-electron chi connectivity index (χ3n) is 3.28. The van der Waals surface area contributed by atoms with Crippen molar-refractivity contribution in [1.82, 2.24) is 4.98 Å². The lowest BCUT2D eigenvalue weighted by molar-refractivity contribution is -0.688. The van der Waals surface area contributed by atoms with E-state index in [1.807, 2.05) is 24.4 Å². The van der Waals surface area contributed by atoms with Gasteiger partial charge in [-0.1, -0.05) is 36.4 Å². The Kier molecular flexibility index (Phi) is 5.64. The first-order valence-electron chi connectivity index (χ1n) is 6.82. The van der Waals surface area contributed by atoms with E-state index in [4.69, 9.17) is 0 Å². The van der Waals surface area contributed by atoms with Crippen molar-refractivity contribution in [3.05, 3.63) is 96.1 Å². The molecule has 0 N–H and O–H groups in total. The van der Waals surface area contributed by atoms with E-state index in [0.29, 0.717) is 0 Å². The molecule has 0 radical (unpaired) electrons. The standard InChI is InChI=1S/C18H17N2.BrH/c1-2-6-16(7-3-1)14-17-9-12-20(13-10-17)15-18-8-4-5-11-19-18;/h1-13H,14-15H2;1H/q+1;/p-1. The molecule has 0 amide bonds. The maximum Gasteiger partial charge on any atom is 0.190 e. The van der Waals surface area contributed by atoms with E-state index in [9.17, 15) is 0 Å². The number of hydrogen-bond donors (Lipinski definition) is 0. The van der Waals surface area contributed by atoms with Gasteiger partial charge >= 0.3 is 0 Å². The van der Waals surface area contributed by atoms with Crippen molar-refractivity contribution in [3.63, 3.8) is 0 Å². The smallest absolute Gasteiger partial charge is 0.190 e. The molecule has 0 saturated heterocycles. The van der Waals surface area contributed by atoms with Crippen molar-refractivity contribution in [1.29, 1.82) is 0 Å². The van der Waals surface area contributed by atoms with E-state index >= 15 is 0 Å². The van der Waals surface area contributed by atoms with Gasteiger partial charge in [0, 0.05) is 18.3 Å². The zero-order valence-corrected chi connectivity index (χ0v) is 13.3. The minimum absolute atomic E-state index is 0. The highest BCUT2D eigenvalue weighted by Gasteiger charge is 2.04. The molecule has 106 valence electrons. The van der Waals surface area contributed by atoms with E-state index in [2.05, 4.69) is 64.4 Å². The van der Waals surface area contributed by atoms with Gasteiger partial charge < -0.3 is 17.0 Å². The fourth-order valence-corrected chi connectivity index (χ4v) is 2.22. The zero-order chi connectivity index (χ0) is 13.6. The highest BCUT2D eigenvalue weighted by atomic mass is 79.9. The van der Waals surface area contributed by atoms with Gasteiger partial charge in [-0.3, -0.25) is 4.98 Å². The van der Waals surface area contributed by atoms with E-state index in [0.717, 1.165) is 18.7 Å². The summed E-state index contributed by atoms with van der Waals surface area (Å²) in [4.78, 5) is 4.34. The third kappa shape index (κ3) is 4.50. The maximum atomic E-state index is 4.34. The van der Waals surface area contributed by atoms with Gasteiger partial charge in [-0.2, -0.15) is 4.57 Å². The largest absolute Gasteiger partial charge is 1.00 e. The van der Waals surface area contributed by atoms with Crippen molar-refractivity contribution < 1.29 is 21.5 Å². The summed E-state index contributed by atoms with van der Waals surface area (Å²) in [5, 5.41) is 0. The second-order valence-electron chi connectivity index (χ2n) is 4.86. The SMILES string of the molecule is [Br-].c1ccc(Cc2cc[n+](Cc3ccccn3)cc2)cc1. The second kappa shape index (κ2) is 7.70. The Hall–Kier alpha value is -2.00. The van der Waals surface area contributed by atoms with E-state index < -0.39 is 0 Å². The van der Waals surface area contributed by atoms with Crippen LogP contribution in [0.15, 0.2) is 79.3 Å². The molecule has 0 aliphatic rings. The normalized spacial score (nSPS) is 9.90. The summed E-state index contributed by atoms with van der Waals surface area (Å²) in [6.45, 7) is 0.812. The average molecular weight is 341 g/mol. The summed E-state index contributed by atoms with van der Waals surface area (Å²) >= 11 is 0. The van der Waals surface area contributed by atoms with Crippen molar-refractivity contribution in [2.24, 2.45) is 0 Å². The first kappa shape index (κ1) is 15.4. The number of hydrogen-bond acceptors (Lipinski definition) is 1. The monoisotopic (exact) mass is 340 g/mol. The van der Waals surface area contributed by atoms with Crippen LogP contribution < -0.4 is 21.5 Å². The minimum Gasteiger partial charge on any atom is -1.00 e. The van der Waals surface area contributed by atoms with Gasteiger partial charge in [-0.25, -0.2) is 0 Å². The van der Waals surface area contributed by atoms with Gasteiger partial charge in [-0.15, -0.1) is 0 Å². The summed E-state index contributed by atoms with van der Waals surface area (Å²) < 4.78 is 2.15. The van der Waals surface area contributed by atoms with Crippen LogP contribution >= 0.6 is 0 Å². The van der Waals surface area contributed by atoms with Gasteiger partial charge in [-0.05, 0) is 29.7 Å². The molecular formula is C18H17BrN2. The van der Waals surface area contributed by atoms with Crippen LogP contribution in [-0.4, -0.2) is 4.98 Å². The predicted molar refractivity (Wildman–Crippen MR) is 79.2 cm³/mol. The molecule has 2 aromatic heterocycles. The quantitative estimate of drug-likeness (QED) is 0.611. The summed E-state index contributed by atoms with van der Waals surface area (Å²) in [6.07, 6.45) is 7.05. The molecular weight excluding hydrogens is 324 g/mol. The first-order valence-corrected chi connectivity index (χ1v) is 6.82. The lowest BCUT2D eigenvalue weighted by Gasteiger charge is -2.01. The van der Waals surface area contributed by atoms with Gasteiger partial charge in [0.25, 0.3) is 0 Å². The fourth-order valence-electron chi connectivity index (χ4n) is 2.22. The number of nitrogens with zero attached hydrogens (tertiary/aromatic N) is 2. The van der Waals surface area contributed by atoms with Crippen molar-refractivity contribution >= 4 is 0 Å². The Labute approximate surface area is 135 Å². The van der Waals surface area contributed by atoms with Crippen LogP contribution in [0.3, 0.4) is 0 Å². The molecule has 3 aromatic rings. The van der Waals surface area contributed by atoms with Crippen LogP contribution in [0, 0.1) is 0 Å². The lowest BCUT2D eigenvalue weighted by atomic mass is 10.1. The molecule has 2 heterocycles. The average Bonchev–Trinajstić information content (AvgIpc) is 2.51. The highest BCUT2D eigenvalue weighted by molar-refractivity contribution is 5.23. The van der Waals surface area contributed by atoms with Crippen LogP contribution in [0.5, 0.6) is 0 Å². The number of aromatic nitrogens is 2.